The number of anilines is 2. The number of hydrogen-bond acceptors (Lipinski definition) is 8. The smallest absolute Gasteiger partial charge is 0.151 e. The Morgan fingerprint density at radius 2 is 1.84 bits per heavy atom. The molecule has 4 rings (SSSR count). The zero-order valence-corrected chi connectivity index (χ0v) is 19.9. The minimum Gasteiger partial charge on any atom is -0.367 e. The van der Waals surface area contributed by atoms with E-state index in [0.717, 1.165) is 65.7 Å². The van der Waals surface area contributed by atoms with E-state index < -0.39 is 9.84 Å². The Hall–Kier alpha value is -2.78. The summed E-state index contributed by atoms with van der Waals surface area (Å²) in [4.78, 5) is 20.6. The van der Waals surface area contributed by atoms with Crippen molar-refractivity contribution in [3.05, 3.63) is 53.6 Å². The van der Waals surface area contributed by atoms with Crippen molar-refractivity contribution in [1.82, 2.24) is 19.9 Å². The van der Waals surface area contributed by atoms with Gasteiger partial charge in [0.2, 0.25) is 0 Å². The molecule has 8 nitrogen and oxygen atoms in total. The van der Waals surface area contributed by atoms with Crippen LogP contribution in [0, 0.1) is 6.92 Å². The van der Waals surface area contributed by atoms with Crippen LogP contribution >= 0.6 is 0 Å². The molecule has 1 aliphatic heterocycles. The molecule has 0 amide bonds. The molecular weight excluding hydrogens is 424 g/mol. The Morgan fingerprint density at radius 1 is 1.09 bits per heavy atom. The first-order chi connectivity index (χ1) is 15.2. The molecule has 32 heavy (non-hydrogen) atoms. The summed E-state index contributed by atoms with van der Waals surface area (Å²) in [6, 6.07) is 9.68. The number of benzene rings is 1. The molecule has 2 aromatic heterocycles. The second-order valence-corrected chi connectivity index (χ2v) is 10.8. The lowest BCUT2D eigenvalue weighted by Crippen LogP contribution is -2.45. The number of hydrogen-bond donors (Lipinski definition) is 0. The molecule has 0 spiro atoms. The number of pyridine rings is 1. The van der Waals surface area contributed by atoms with Crippen LogP contribution in [0.25, 0.3) is 10.9 Å². The fourth-order valence-corrected chi connectivity index (χ4v) is 4.97. The Kier molecular flexibility index (Phi) is 6.30. The Labute approximate surface area is 189 Å². The number of rotatable bonds is 6. The highest BCUT2D eigenvalue weighted by molar-refractivity contribution is 7.89. The average molecular weight is 455 g/mol. The molecule has 170 valence electrons. The normalized spacial score (nSPS) is 15.3. The van der Waals surface area contributed by atoms with E-state index in [0.29, 0.717) is 6.54 Å². The quantitative estimate of drug-likeness (QED) is 0.561. The topological polar surface area (TPSA) is 82.5 Å². The fraction of sp³-hybridized carbons (Fsp3) is 0.435. The van der Waals surface area contributed by atoms with E-state index in [-0.39, 0.29) is 5.75 Å². The van der Waals surface area contributed by atoms with Crippen molar-refractivity contribution in [3.8, 4) is 0 Å². The van der Waals surface area contributed by atoms with E-state index in [2.05, 4.69) is 42.8 Å². The number of nitrogens with zero attached hydrogens (tertiary/aromatic N) is 6. The summed E-state index contributed by atoms with van der Waals surface area (Å²) in [6.07, 6.45) is 2.99. The fourth-order valence-electron chi connectivity index (χ4n) is 4.15. The number of aryl methyl sites for hydroxylation is 1. The largest absolute Gasteiger partial charge is 0.367 e. The van der Waals surface area contributed by atoms with E-state index in [9.17, 15) is 8.42 Å². The number of sulfone groups is 1. The van der Waals surface area contributed by atoms with Gasteiger partial charge < -0.3 is 14.7 Å². The van der Waals surface area contributed by atoms with Crippen LogP contribution in [0.4, 0.5) is 11.5 Å². The zero-order chi connectivity index (χ0) is 22.9. The van der Waals surface area contributed by atoms with Gasteiger partial charge in [0.05, 0.1) is 29.2 Å². The van der Waals surface area contributed by atoms with E-state index in [1.54, 1.807) is 6.20 Å². The monoisotopic (exact) mass is 454 g/mol. The molecule has 9 heteroatoms. The molecule has 0 N–H and O–H groups in total. The highest BCUT2D eigenvalue weighted by atomic mass is 32.2. The van der Waals surface area contributed by atoms with Crippen LogP contribution in [-0.4, -0.2) is 74.8 Å². The van der Waals surface area contributed by atoms with Gasteiger partial charge in [0.1, 0.15) is 11.6 Å². The third kappa shape index (κ3) is 5.16. The van der Waals surface area contributed by atoms with E-state index in [1.807, 2.05) is 38.2 Å². The predicted octanol–water partition coefficient (Wildman–Crippen LogP) is 2.27. The maximum atomic E-state index is 11.9. The Morgan fingerprint density at radius 3 is 2.56 bits per heavy atom. The average Bonchev–Trinajstić information content (AvgIpc) is 2.73. The molecule has 3 heterocycles. The SMILES string of the molecule is Cc1nc(CN(C)c2ccc(CS(C)(=O)=O)c3cccnc23)cc(N2CCN(C)CC2)n1. The molecule has 1 aliphatic rings. The first kappa shape index (κ1) is 22.4. The van der Waals surface area contributed by atoms with Crippen molar-refractivity contribution in [2.75, 3.05) is 56.3 Å². The zero-order valence-electron chi connectivity index (χ0n) is 19.1. The van der Waals surface area contributed by atoms with Crippen LogP contribution < -0.4 is 9.80 Å². The molecule has 0 radical (unpaired) electrons. The summed E-state index contributed by atoms with van der Waals surface area (Å²) in [5.41, 5.74) is 3.44. The predicted molar refractivity (Wildman–Crippen MR) is 129 cm³/mol. The van der Waals surface area contributed by atoms with Crippen molar-refractivity contribution in [2.45, 2.75) is 19.2 Å². The van der Waals surface area contributed by atoms with Crippen LogP contribution in [0.3, 0.4) is 0 Å². The Balaban J connectivity index is 1.62. The van der Waals surface area contributed by atoms with Crippen molar-refractivity contribution < 1.29 is 8.42 Å². The summed E-state index contributed by atoms with van der Waals surface area (Å²) in [6.45, 7) is 6.49. The van der Waals surface area contributed by atoms with Crippen LogP contribution in [0.5, 0.6) is 0 Å². The highest BCUT2D eigenvalue weighted by Crippen LogP contribution is 2.29. The van der Waals surface area contributed by atoms with E-state index >= 15 is 0 Å². The van der Waals surface area contributed by atoms with Crippen LogP contribution in [-0.2, 0) is 22.1 Å². The summed E-state index contributed by atoms with van der Waals surface area (Å²) in [7, 11) is 1.01. The Bertz CT molecular complexity index is 1220. The number of likely N-dealkylation sites (N-methyl/N-ethyl adjacent to an activating group) is 1. The summed E-state index contributed by atoms with van der Waals surface area (Å²) < 4.78 is 23.7. The summed E-state index contributed by atoms with van der Waals surface area (Å²) in [5, 5.41) is 0.860. The molecule has 0 bridgehead atoms. The van der Waals surface area contributed by atoms with Gasteiger partial charge in [-0.05, 0) is 31.7 Å². The first-order valence-corrected chi connectivity index (χ1v) is 12.8. The van der Waals surface area contributed by atoms with Crippen LogP contribution in [0.2, 0.25) is 0 Å². The molecule has 0 aliphatic carbocycles. The lowest BCUT2D eigenvalue weighted by Gasteiger charge is -2.33. The van der Waals surface area contributed by atoms with E-state index in [1.165, 1.54) is 6.26 Å². The van der Waals surface area contributed by atoms with Gasteiger partial charge in [0.25, 0.3) is 0 Å². The van der Waals surface area contributed by atoms with Gasteiger partial charge in [-0.15, -0.1) is 0 Å². The highest BCUT2D eigenvalue weighted by Gasteiger charge is 2.18. The molecule has 3 aromatic rings. The third-order valence-electron chi connectivity index (χ3n) is 5.77. The molecule has 0 saturated carbocycles. The third-order valence-corrected chi connectivity index (χ3v) is 6.61. The van der Waals surface area contributed by atoms with Gasteiger partial charge >= 0.3 is 0 Å². The molecule has 1 saturated heterocycles. The van der Waals surface area contributed by atoms with Gasteiger partial charge in [-0.3, -0.25) is 4.98 Å². The van der Waals surface area contributed by atoms with Gasteiger partial charge in [-0.2, -0.15) is 0 Å². The number of piperazine rings is 1. The lowest BCUT2D eigenvalue weighted by molar-refractivity contribution is 0.312. The second-order valence-electron chi connectivity index (χ2n) is 8.62. The minimum absolute atomic E-state index is 0.00131. The summed E-state index contributed by atoms with van der Waals surface area (Å²) in [5.74, 6) is 1.73. The minimum atomic E-state index is -3.14. The number of fused-ring (bicyclic) bond motifs is 1. The van der Waals surface area contributed by atoms with E-state index in [4.69, 9.17) is 0 Å². The van der Waals surface area contributed by atoms with Crippen molar-refractivity contribution in [2.24, 2.45) is 0 Å². The van der Waals surface area contributed by atoms with Crippen LogP contribution in [0.1, 0.15) is 17.1 Å². The van der Waals surface area contributed by atoms with Gasteiger partial charge in [0.15, 0.2) is 9.84 Å². The van der Waals surface area contributed by atoms with Gasteiger partial charge in [-0.1, -0.05) is 12.1 Å². The molecular formula is C23H30N6O2S. The van der Waals surface area contributed by atoms with Gasteiger partial charge in [0, 0.05) is 57.1 Å². The van der Waals surface area contributed by atoms with Gasteiger partial charge in [-0.25, -0.2) is 18.4 Å². The molecule has 1 fully saturated rings. The van der Waals surface area contributed by atoms with Crippen molar-refractivity contribution >= 4 is 32.2 Å². The maximum Gasteiger partial charge on any atom is 0.151 e. The molecule has 1 aromatic carbocycles. The molecule has 0 unspecified atom stereocenters. The second kappa shape index (κ2) is 8.99. The maximum absolute atomic E-state index is 11.9. The summed E-state index contributed by atoms with van der Waals surface area (Å²) >= 11 is 0. The van der Waals surface area contributed by atoms with Crippen molar-refractivity contribution in [1.29, 1.82) is 0 Å². The number of aromatic nitrogens is 3. The lowest BCUT2D eigenvalue weighted by atomic mass is 10.1. The first-order valence-electron chi connectivity index (χ1n) is 10.7. The van der Waals surface area contributed by atoms with Crippen molar-refractivity contribution in [3.63, 3.8) is 0 Å². The molecule has 0 atom stereocenters. The van der Waals surface area contributed by atoms with Crippen LogP contribution in [0.15, 0.2) is 36.5 Å². The standard InChI is InChI=1S/C23H30N6O2S/c1-17-25-19(14-22(26-17)29-12-10-27(2)11-13-29)15-28(3)21-8-7-18(16-32(4,30)31)20-6-5-9-24-23(20)21/h5-9,14H,10-13,15-16H2,1-4H3.